The number of carbonyl (C=O) groups is 1. The molecular formula is C30H30F5N5O. The minimum Gasteiger partial charge on any atom is -0.395 e. The van der Waals surface area contributed by atoms with Crippen LogP contribution in [0.5, 0.6) is 0 Å². The van der Waals surface area contributed by atoms with E-state index in [2.05, 4.69) is 15.6 Å². The lowest BCUT2D eigenvalue weighted by atomic mass is 9.97. The molecule has 0 aromatic heterocycles. The first kappa shape index (κ1) is 31.2. The van der Waals surface area contributed by atoms with Crippen molar-refractivity contribution < 1.29 is 26.7 Å². The Morgan fingerprint density at radius 1 is 1.20 bits per heavy atom. The number of anilines is 1. The van der Waals surface area contributed by atoms with Gasteiger partial charge in [0.15, 0.2) is 0 Å². The minimum atomic E-state index is -4.91. The Kier molecular flexibility index (Phi) is 10.9. The van der Waals surface area contributed by atoms with Gasteiger partial charge in [0.2, 0.25) is 0 Å². The summed E-state index contributed by atoms with van der Waals surface area (Å²) in [6.45, 7) is 1.39. The van der Waals surface area contributed by atoms with Crippen LogP contribution in [-0.2, 0) is 4.79 Å². The van der Waals surface area contributed by atoms with Gasteiger partial charge in [-0.1, -0.05) is 31.2 Å². The Morgan fingerprint density at radius 3 is 2.56 bits per heavy atom. The third-order valence-corrected chi connectivity index (χ3v) is 6.20. The van der Waals surface area contributed by atoms with Gasteiger partial charge in [-0.05, 0) is 85.3 Å². The number of amides is 1. The lowest BCUT2D eigenvalue weighted by Gasteiger charge is -2.22. The minimum absolute atomic E-state index is 0.0728. The van der Waals surface area contributed by atoms with E-state index in [4.69, 9.17) is 11.0 Å². The maximum Gasteiger partial charge on any atom is 0.430 e. The second-order valence-electron chi connectivity index (χ2n) is 9.46. The van der Waals surface area contributed by atoms with Crippen LogP contribution in [0.4, 0.5) is 33.3 Å². The zero-order chi connectivity index (χ0) is 30.0. The zero-order valence-corrected chi connectivity index (χ0v) is 22.3. The molecule has 41 heavy (non-hydrogen) atoms. The summed E-state index contributed by atoms with van der Waals surface area (Å²) in [4.78, 5) is 17.1. The number of allylic oxidation sites excluding steroid dienone is 4. The number of carbonyl (C=O) groups excluding carboxylic acids is 1. The molecule has 0 radical (unpaired) electrons. The lowest BCUT2D eigenvalue weighted by Crippen LogP contribution is -2.27. The molecule has 0 heterocycles. The lowest BCUT2D eigenvalue weighted by molar-refractivity contribution is -0.110. The molecule has 4 N–H and O–H groups in total. The van der Waals surface area contributed by atoms with Gasteiger partial charge in [-0.2, -0.15) is 18.4 Å². The third kappa shape index (κ3) is 9.69. The smallest absolute Gasteiger partial charge is 0.395 e. The van der Waals surface area contributed by atoms with Crippen molar-refractivity contribution in [3.63, 3.8) is 0 Å². The highest BCUT2D eigenvalue weighted by molar-refractivity contribution is 6.47. The summed E-state index contributed by atoms with van der Waals surface area (Å²) >= 11 is 0. The number of nitrogens with zero attached hydrogens (tertiary/aromatic N) is 2. The van der Waals surface area contributed by atoms with Crippen LogP contribution >= 0.6 is 0 Å². The predicted octanol–water partition coefficient (Wildman–Crippen LogP) is 6.87. The highest BCUT2D eigenvalue weighted by Crippen LogP contribution is 2.31. The van der Waals surface area contributed by atoms with Crippen molar-refractivity contribution in [2.45, 2.75) is 38.4 Å². The number of nitrogens with two attached hydrogens (primary N) is 1. The number of hydrogen-bond donors (Lipinski definition) is 3. The Balaban J connectivity index is 1.96. The molecule has 2 aromatic carbocycles. The number of halogens is 5. The Hall–Kier alpha value is -4.30. The first-order chi connectivity index (χ1) is 19.5. The van der Waals surface area contributed by atoms with E-state index in [0.717, 1.165) is 12.8 Å². The number of hydrogen-bond acceptors (Lipinski definition) is 5. The molecule has 216 valence electrons. The Labute approximate surface area is 235 Å². The van der Waals surface area contributed by atoms with E-state index in [1.165, 1.54) is 42.5 Å². The van der Waals surface area contributed by atoms with Crippen LogP contribution < -0.4 is 16.4 Å². The Morgan fingerprint density at radius 2 is 1.93 bits per heavy atom. The largest absolute Gasteiger partial charge is 0.430 e. The number of nitrogens with one attached hydrogen (secondary N) is 2. The summed E-state index contributed by atoms with van der Waals surface area (Å²) in [7, 11) is 0. The molecule has 1 fully saturated rings. The van der Waals surface area contributed by atoms with E-state index < -0.39 is 42.0 Å². The van der Waals surface area contributed by atoms with Gasteiger partial charge in [-0.3, -0.25) is 4.79 Å². The van der Waals surface area contributed by atoms with Crippen LogP contribution in [0.3, 0.4) is 0 Å². The van der Waals surface area contributed by atoms with Gasteiger partial charge in [0.25, 0.3) is 5.91 Å². The van der Waals surface area contributed by atoms with E-state index in [-0.39, 0.29) is 28.9 Å². The number of aliphatic imine (C=N–C) groups is 1. The number of alkyl halides is 4. The van der Waals surface area contributed by atoms with Gasteiger partial charge in [0.1, 0.15) is 18.1 Å². The fourth-order valence-electron chi connectivity index (χ4n) is 3.76. The number of rotatable bonds is 12. The second-order valence-corrected chi connectivity index (χ2v) is 9.46. The van der Waals surface area contributed by atoms with Crippen molar-refractivity contribution in [1.29, 1.82) is 5.26 Å². The quantitative estimate of drug-likeness (QED) is 0.147. The van der Waals surface area contributed by atoms with Crippen LogP contribution in [0.2, 0.25) is 0 Å². The molecule has 1 atom stereocenters. The maximum atomic E-state index is 14.1. The highest BCUT2D eigenvalue weighted by Gasteiger charge is 2.32. The van der Waals surface area contributed by atoms with E-state index >= 15 is 0 Å². The van der Waals surface area contributed by atoms with Crippen LogP contribution in [0.1, 0.15) is 43.4 Å². The monoisotopic (exact) mass is 571 g/mol. The van der Waals surface area contributed by atoms with Gasteiger partial charge in [0, 0.05) is 5.69 Å². The fourth-order valence-corrected chi connectivity index (χ4v) is 3.76. The van der Waals surface area contributed by atoms with Gasteiger partial charge in [-0.15, -0.1) is 0 Å². The topological polar surface area (TPSA) is 103 Å². The van der Waals surface area contributed by atoms with Crippen LogP contribution in [0.25, 0.3) is 0 Å². The van der Waals surface area contributed by atoms with Crippen molar-refractivity contribution >= 4 is 23.0 Å². The second kappa shape index (κ2) is 14.4. The van der Waals surface area contributed by atoms with E-state index in [1.807, 2.05) is 6.07 Å². The molecule has 1 amide bonds. The van der Waals surface area contributed by atoms with Gasteiger partial charge >= 0.3 is 6.18 Å². The molecule has 11 heteroatoms. The Bertz CT molecular complexity index is 1400. The van der Waals surface area contributed by atoms with Crippen LogP contribution in [-0.4, -0.2) is 31.0 Å². The third-order valence-electron chi connectivity index (χ3n) is 6.20. The summed E-state index contributed by atoms with van der Waals surface area (Å²) in [5.41, 5.74) is 4.30. The van der Waals surface area contributed by atoms with Crippen molar-refractivity contribution in [3.05, 3.63) is 95.0 Å². The highest BCUT2D eigenvalue weighted by atomic mass is 19.4. The van der Waals surface area contributed by atoms with Crippen molar-refractivity contribution in [2.24, 2.45) is 16.6 Å². The normalized spacial score (nSPS) is 15.8. The molecule has 1 aliphatic carbocycles. The average molecular weight is 572 g/mol. The predicted molar refractivity (Wildman–Crippen MR) is 149 cm³/mol. The first-order valence-electron chi connectivity index (χ1n) is 12.9. The molecule has 0 spiro atoms. The molecule has 0 aliphatic heterocycles. The summed E-state index contributed by atoms with van der Waals surface area (Å²) in [5, 5.41) is 14.9. The molecule has 1 unspecified atom stereocenters. The van der Waals surface area contributed by atoms with Gasteiger partial charge in [-0.25, -0.2) is 13.8 Å². The van der Waals surface area contributed by atoms with Crippen molar-refractivity contribution in [1.82, 2.24) is 5.32 Å². The zero-order valence-electron chi connectivity index (χ0n) is 22.3. The molecular weight excluding hydrogens is 541 g/mol. The standard InChI is InChI=1S/C30H30F5N5O/c1-2-23(32)12-11-22(16-31)28(38-18-19-9-10-19)21-6-4-8-25(14-21)40-29(41)26(15-27(37)30(33,34)35)39-24-7-3-5-20(13-24)17-36/h3-8,11-15,19,28,38H,2,9-10,16,18,37H2,1H3,(H,40,41)/b22-11+,23-12+,27-15?,39-26?. The SMILES string of the molecule is CC/C(F)=C\C=C(/CF)C(NCC1CC1)c1cccc(NC(=O)C(C=C(N)C(F)(F)F)=Nc2cccc(C#N)c2)c1. The number of benzene rings is 2. The summed E-state index contributed by atoms with van der Waals surface area (Å²) in [5.74, 6) is -0.946. The average Bonchev–Trinajstić information content (AvgIpc) is 3.78. The van der Waals surface area contributed by atoms with Crippen molar-refractivity contribution in [3.8, 4) is 6.07 Å². The van der Waals surface area contributed by atoms with Gasteiger partial charge in [0.05, 0.1) is 29.2 Å². The van der Waals surface area contributed by atoms with Crippen LogP contribution in [0.15, 0.2) is 88.8 Å². The molecule has 1 saturated carbocycles. The fraction of sp³-hybridized carbons (Fsp3) is 0.300. The molecule has 0 bridgehead atoms. The maximum absolute atomic E-state index is 14.1. The first-order valence-corrected chi connectivity index (χ1v) is 12.9. The van der Waals surface area contributed by atoms with E-state index in [1.54, 1.807) is 25.1 Å². The molecule has 3 rings (SSSR count). The molecule has 0 saturated heterocycles. The van der Waals surface area contributed by atoms with E-state index in [9.17, 15) is 26.7 Å². The number of nitriles is 1. The van der Waals surface area contributed by atoms with Crippen molar-refractivity contribution in [2.75, 3.05) is 18.5 Å². The van der Waals surface area contributed by atoms with Gasteiger partial charge < -0.3 is 16.4 Å². The molecule has 6 nitrogen and oxygen atoms in total. The van der Waals surface area contributed by atoms with E-state index in [0.29, 0.717) is 24.1 Å². The molecule has 2 aromatic rings. The summed E-state index contributed by atoms with van der Waals surface area (Å²) < 4.78 is 67.4. The van der Waals surface area contributed by atoms with Crippen LogP contribution in [0, 0.1) is 17.2 Å². The summed E-state index contributed by atoms with van der Waals surface area (Å²) in [6.07, 6.45) is 0.363. The summed E-state index contributed by atoms with van der Waals surface area (Å²) in [6, 6.07) is 13.3. The molecule has 1 aliphatic rings.